The third-order valence-electron chi connectivity index (χ3n) is 4.27. The predicted molar refractivity (Wildman–Crippen MR) is 105 cm³/mol. The van der Waals surface area contributed by atoms with Crippen molar-refractivity contribution in [3.8, 4) is 17.6 Å². The zero-order chi connectivity index (χ0) is 20.8. The number of carbonyl (C=O) groups is 1. The maximum absolute atomic E-state index is 13.0. The van der Waals surface area contributed by atoms with Crippen molar-refractivity contribution >= 4 is 11.9 Å². The topological polar surface area (TPSA) is 72.5 Å². The van der Waals surface area contributed by atoms with E-state index in [9.17, 15) is 14.4 Å². The fourth-order valence-electron chi connectivity index (χ4n) is 2.72. The van der Waals surface area contributed by atoms with Crippen LogP contribution < -0.4 is 9.47 Å². The highest BCUT2D eigenvalue weighted by Gasteiger charge is 2.17. The Kier molecular flexibility index (Phi) is 6.10. The monoisotopic (exact) mass is 391 g/mol. The lowest BCUT2D eigenvalue weighted by Crippen LogP contribution is -2.02. The molecule has 3 aromatic rings. The van der Waals surface area contributed by atoms with Crippen LogP contribution in [0.3, 0.4) is 0 Å². The molecule has 0 saturated carbocycles. The lowest BCUT2D eigenvalue weighted by Gasteiger charge is -2.11. The second-order valence-electron chi connectivity index (χ2n) is 6.21. The number of nitrogens with zero attached hydrogens (tertiary/aromatic N) is 1. The Morgan fingerprint density at radius 2 is 1.93 bits per heavy atom. The van der Waals surface area contributed by atoms with Crippen LogP contribution in [-0.2, 0) is 6.61 Å². The summed E-state index contributed by atoms with van der Waals surface area (Å²) in [6.45, 7) is 1.91. The lowest BCUT2D eigenvalue weighted by atomic mass is 10.0. The smallest absolute Gasteiger partial charge is 0.207 e. The van der Waals surface area contributed by atoms with E-state index in [2.05, 4.69) is 0 Å². The van der Waals surface area contributed by atoms with Crippen LogP contribution in [0.2, 0.25) is 0 Å². The molecule has 0 fully saturated rings. The summed E-state index contributed by atoms with van der Waals surface area (Å²) in [5.74, 6) is 0.679. The summed E-state index contributed by atoms with van der Waals surface area (Å²) in [5.41, 5.74) is 1.76. The van der Waals surface area contributed by atoms with Crippen molar-refractivity contribution in [2.75, 3.05) is 7.11 Å². The van der Waals surface area contributed by atoms with Gasteiger partial charge in [-0.1, -0.05) is 18.2 Å². The van der Waals surface area contributed by atoms with Gasteiger partial charge in [-0.25, -0.2) is 4.39 Å². The summed E-state index contributed by atoms with van der Waals surface area (Å²) in [6, 6.07) is 14.6. The number of ketones is 1. The molecule has 2 aromatic carbocycles. The van der Waals surface area contributed by atoms with E-state index in [-0.39, 0.29) is 18.0 Å². The van der Waals surface area contributed by atoms with Crippen LogP contribution >= 0.6 is 0 Å². The zero-order valence-corrected chi connectivity index (χ0v) is 15.9. The van der Waals surface area contributed by atoms with E-state index >= 15 is 0 Å². The molecule has 29 heavy (non-hydrogen) atoms. The number of allylic oxidation sites excluding steroid dienone is 1. The van der Waals surface area contributed by atoms with E-state index in [0.29, 0.717) is 28.4 Å². The summed E-state index contributed by atoms with van der Waals surface area (Å²) in [4.78, 5) is 12.5. The van der Waals surface area contributed by atoms with E-state index in [1.165, 1.54) is 37.6 Å². The maximum Gasteiger partial charge on any atom is 0.207 e. The molecule has 0 aliphatic heterocycles. The van der Waals surface area contributed by atoms with Gasteiger partial charge in [-0.05, 0) is 54.5 Å². The number of hydrogen-bond acceptors (Lipinski definition) is 5. The first kappa shape index (κ1) is 19.9. The molecule has 1 heterocycles. The van der Waals surface area contributed by atoms with Crippen molar-refractivity contribution in [2.24, 2.45) is 0 Å². The summed E-state index contributed by atoms with van der Waals surface area (Å²) in [6.07, 6.45) is 2.90. The molecule has 0 N–H and O–H groups in total. The van der Waals surface area contributed by atoms with Crippen molar-refractivity contribution in [3.05, 3.63) is 88.6 Å². The summed E-state index contributed by atoms with van der Waals surface area (Å²) < 4.78 is 29.2. The van der Waals surface area contributed by atoms with Crippen molar-refractivity contribution < 1.29 is 23.1 Å². The van der Waals surface area contributed by atoms with Gasteiger partial charge in [-0.2, -0.15) is 5.26 Å². The number of rotatable bonds is 7. The molecule has 0 saturated heterocycles. The molecule has 146 valence electrons. The molecule has 0 bridgehead atoms. The van der Waals surface area contributed by atoms with Gasteiger partial charge in [0.15, 0.2) is 11.5 Å². The standard InChI is InChI=1S/C23H18FNO4/c1-15-20(9-10-28-15)23(26)18(13-25)11-17-5-8-21(22(12-17)27-2)29-14-16-3-6-19(24)7-4-16/h3-12H,14H2,1-2H3/b18-11+. The van der Waals surface area contributed by atoms with Crippen LogP contribution in [0.25, 0.3) is 6.08 Å². The maximum atomic E-state index is 13.0. The molecule has 5 nitrogen and oxygen atoms in total. The molecular formula is C23H18FNO4. The molecule has 0 radical (unpaired) electrons. The largest absolute Gasteiger partial charge is 0.493 e. The van der Waals surface area contributed by atoms with Gasteiger partial charge < -0.3 is 13.9 Å². The molecule has 1 aromatic heterocycles. The first-order valence-electron chi connectivity index (χ1n) is 8.77. The van der Waals surface area contributed by atoms with Gasteiger partial charge in [0.05, 0.1) is 18.9 Å². The predicted octanol–water partition coefficient (Wildman–Crippen LogP) is 5.10. The van der Waals surface area contributed by atoms with E-state index in [1.807, 2.05) is 6.07 Å². The number of carbonyl (C=O) groups excluding carboxylic acids is 1. The third-order valence-corrected chi connectivity index (χ3v) is 4.27. The molecule has 0 aliphatic carbocycles. The Morgan fingerprint density at radius 3 is 2.55 bits per heavy atom. The second-order valence-corrected chi connectivity index (χ2v) is 6.21. The van der Waals surface area contributed by atoms with Crippen molar-refractivity contribution in [1.82, 2.24) is 0 Å². The van der Waals surface area contributed by atoms with Gasteiger partial charge in [0.25, 0.3) is 0 Å². The van der Waals surface area contributed by atoms with Crippen LogP contribution in [0, 0.1) is 24.1 Å². The molecule has 0 atom stereocenters. The van der Waals surface area contributed by atoms with Crippen LogP contribution in [-0.4, -0.2) is 12.9 Å². The zero-order valence-electron chi connectivity index (χ0n) is 15.9. The highest BCUT2D eigenvalue weighted by Crippen LogP contribution is 2.30. The highest BCUT2D eigenvalue weighted by atomic mass is 19.1. The lowest BCUT2D eigenvalue weighted by molar-refractivity contribution is 0.103. The van der Waals surface area contributed by atoms with E-state index in [1.54, 1.807) is 37.3 Å². The highest BCUT2D eigenvalue weighted by molar-refractivity contribution is 6.14. The normalized spacial score (nSPS) is 11.0. The van der Waals surface area contributed by atoms with Crippen LogP contribution in [0.15, 0.2) is 64.8 Å². The number of hydrogen-bond donors (Lipinski definition) is 0. The average Bonchev–Trinajstić information content (AvgIpc) is 3.17. The van der Waals surface area contributed by atoms with Gasteiger partial charge in [0.2, 0.25) is 5.78 Å². The van der Waals surface area contributed by atoms with Crippen LogP contribution in [0.5, 0.6) is 11.5 Å². The Bertz CT molecular complexity index is 1090. The molecule has 0 unspecified atom stereocenters. The average molecular weight is 391 g/mol. The molecule has 0 spiro atoms. The summed E-state index contributed by atoms with van der Waals surface area (Å²) in [7, 11) is 1.50. The number of Topliss-reactive ketones (excluding diaryl/α,β-unsaturated/α-hetero) is 1. The number of halogens is 1. The van der Waals surface area contributed by atoms with E-state index in [4.69, 9.17) is 13.9 Å². The fraction of sp³-hybridized carbons (Fsp3) is 0.130. The van der Waals surface area contributed by atoms with Gasteiger partial charge >= 0.3 is 0 Å². The van der Waals surface area contributed by atoms with Crippen molar-refractivity contribution in [3.63, 3.8) is 0 Å². The fourth-order valence-corrected chi connectivity index (χ4v) is 2.72. The van der Waals surface area contributed by atoms with Crippen molar-refractivity contribution in [1.29, 1.82) is 5.26 Å². The Labute approximate surface area is 167 Å². The number of aryl methyl sites for hydroxylation is 1. The van der Waals surface area contributed by atoms with Crippen LogP contribution in [0.4, 0.5) is 4.39 Å². The third kappa shape index (κ3) is 4.71. The number of ether oxygens (including phenoxy) is 2. The number of benzene rings is 2. The SMILES string of the molecule is COc1cc(/C=C(\C#N)C(=O)c2ccoc2C)ccc1OCc1ccc(F)cc1. The Balaban J connectivity index is 1.81. The van der Waals surface area contributed by atoms with E-state index in [0.717, 1.165) is 5.56 Å². The minimum Gasteiger partial charge on any atom is -0.493 e. The molecule has 6 heteroatoms. The summed E-state index contributed by atoms with van der Waals surface area (Å²) >= 11 is 0. The minimum absolute atomic E-state index is 0.0171. The number of furan rings is 1. The number of nitriles is 1. The first-order chi connectivity index (χ1) is 14.0. The van der Waals surface area contributed by atoms with E-state index < -0.39 is 5.78 Å². The first-order valence-corrected chi connectivity index (χ1v) is 8.77. The van der Waals surface area contributed by atoms with Crippen LogP contribution in [0.1, 0.15) is 27.2 Å². The molecule has 3 rings (SSSR count). The quantitative estimate of drug-likeness (QED) is 0.318. The summed E-state index contributed by atoms with van der Waals surface area (Å²) in [5, 5.41) is 9.41. The second kappa shape index (κ2) is 8.89. The number of methoxy groups -OCH3 is 1. The van der Waals surface area contributed by atoms with Crippen molar-refractivity contribution in [2.45, 2.75) is 13.5 Å². The van der Waals surface area contributed by atoms with Gasteiger partial charge in [-0.15, -0.1) is 0 Å². The van der Waals surface area contributed by atoms with Gasteiger partial charge in [-0.3, -0.25) is 4.79 Å². The molecule has 0 aliphatic rings. The minimum atomic E-state index is -0.408. The molecule has 0 amide bonds. The van der Waals surface area contributed by atoms with Gasteiger partial charge in [0.1, 0.15) is 29.8 Å². The van der Waals surface area contributed by atoms with Gasteiger partial charge in [0, 0.05) is 0 Å². The Hall–Kier alpha value is -3.85. The molecular weight excluding hydrogens is 373 g/mol. The Morgan fingerprint density at radius 1 is 1.17 bits per heavy atom.